The van der Waals surface area contributed by atoms with E-state index in [1.807, 2.05) is 0 Å². The van der Waals surface area contributed by atoms with Gasteiger partial charge in [0.1, 0.15) is 5.82 Å². The second-order valence-corrected chi connectivity index (χ2v) is 7.77. The zero-order valence-electron chi connectivity index (χ0n) is 16.4. The number of hydrogen-bond donors (Lipinski definition) is 4. The average Bonchev–Trinajstić information content (AvgIpc) is 2.68. The molecule has 0 bridgehead atoms. The van der Waals surface area contributed by atoms with Crippen molar-refractivity contribution in [3.63, 3.8) is 0 Å². The van der Waals surface area contributed by atoms with Gasteiger partial charge in [0.2, 0.25) is 0 Å². The molecule has 2 unspecified atom stereocenters. The predicted octanol–water partition coefficient (Wildman–Crippen LogP) is 2.93. The molecule has 0 heterocycles. The van der Waals surface area contributed by atoms with Crippen LogP contribution in [0.2, 0.25) is 5.02 Å². The van der Waals surface area contributed by atoms with Crippen molar-refractivity contribution in [3.8, 4) is 0 Å². The molecule has 1 aliphatic rings. The number of anilines is 1. The molecule has 0 aliphatic heterocycles. The summed E-state index contributed by atoms with van der Waals surface area (Å²) in [5.74, 6) is -1.72. The van der Waals surface area contributed by atoms with Crippen LogP contribution in [0, 0.1) is 11.7 Å². The molecule has 1 aliphatic carbocycles. The van der Waals surface area contributed by atoms with Crippen molar-refractivity contribution in [2.24, 2.45) is 22.4 Å². The van der Waals surface area contributed by atoms with Crippen LogP contribution in [0.25, 0.3) is 0 Å². The van der Waals surface area contributed by atoms with Crippen LogP contribution in [0.3, 0.4) is 0 Å². The second-order valence-electron chi connectivity index (χ2n) is 7.36. The van der Waals surface area contributed by atoms with Gasteiger partial charge in [-0.25, -0.2) is 4.39 Å². The number of amides is 2. The van der Waals surface area contributed by atoms with Crippen molar-refractivity contribution in [1.82, 2.24) is 5.32 Å². The third kappa shape index (κ3) is 7.89. The van der Waals surface area contributed by atoms with Crippen molar-refractivity contribution >= 4 is 35.1 Å². The fourth-order valence-corrected chi connectivity index (χ4v) is 3.76. The van der Waals surface area contributed by atoms with Crippen molar-refractivity contribution in [1.29, 1.82) is 0 Å². The molecule has 0 saturated heterocycles. The van der Waals surface area contributed by atoms with Crippen LogP contribution in [-0.4, -0.2) is 30.4 Å². The SMILES string of the molecule is NC(N)=NCCCCCC1CCCCC1NC(=O)C(=O)Nc1ccc(Cl)c(F)c1. The number of carbonyl (C=O) groups is 2. The standard InChI is InChI=1S/C20H29ClFN5O2/c21-15-10-9-14(12-16(15)22)26-18(28)19(29)27-17-8-4-3-7-13(17)6-2-1-5-11-25-20(23)24/h9-10,12-13,17H,1-8,11H2,(H,26,28)(H,27,29)(H4,23,24,25). The Kier molecular flexibility index (Phi) is 9.18. The monoisotopic (exact) mass is 425 g/mol. The quantitative estimate of drug-likeness (QED) is 0.221. The number of carbonyl (C=O) groups excluding carboxylic acids is 2. The molecule has 1 aromatic carbocycles. The van der Waals surface area contributed by atoms with Gasteiger partial charge < -0.3 is 22.1 Å². The minimum Gasteiger partial charge on any atom is -0.370 e. The first-order valence-electron chi connectivity index (χ1n) is 9.99. The van der Waals surface area contributed by atoms with Crippen LogP contribution in [0.4, 0.5) is 10.1 Å². The van der Waals surface area contributed by atoms with Crippen molar-refractivity contribution < 1.29 is 14.0 Å². The van der Waals surface area contributed by atoms with Gasteiger partial charge in [-0.2, -0.15) is 0 Å². The summed E-state index contributed by atoms with van der Waals surface area (Å²) in [5, 5.41) is 5.22. The number of halogens is 2. The first-order chi connectivity index (χ1) is 13.9. The fraction of sp³-hybridized carbons (Fsp3) is 0.550. The third-order valence-electron chi connectivity index (χ3n) is 5.14. The Hall–Kier alpha value is -2.35. The molecular formula is C20H29ClFN5O2. The van der Waals surface area contributed by atoms with Crippen LogP contribution in [0.15, 0.2) is 23.2 Å². The summed E-state index contributed by atoms with van der Waals surface area (Å²) in [6.07, 6.45) is 7.97. The third-order valence-corrected chi connectivity index (χ3v) is 5.44. The molecule has 1 saturated carbocycles. The average molecular weight is 426 g/mol. The second kappa shape index (κ2) is 11.6. The Morgan fingerprint density at radius 3 is 2.62 bits per heavy atom. The zero-order chi connectivity index (χ0) is 21.2. The maximum Gasteiger partial charge on any atom is 0.313 e. The molecule has 2 amide bonds. The topological polar surface area (TPSA) is 123 Å². The molecule has 160 valence electrons. The van der Waals surface area contributed by atoms with E-state index in [1.165, 1.54) is 12.1 Å². The zero-order valence-corrected chi connectivity index (χ0v) is 17.2. The summed E-state index contributed by atoms with van der Waals surface area (Å²) in [6, 6.07) is 3.83. The summed E-state index contributed by atoms with van der Waals surface area (Å²) in [6.45, 7) is 0.624. The van der Waals surface area contributed by atoms with Crippen molar-refractivity contribution in [2.45, 2.75) is 57.4 Å². The molecule has 2 atom stereocenters. The van der Waals surface area contributed by atoms with Crippen LogP contribution >= 0.6 is 11.6 Å². The van der Waals surface area contributed by atoms with Gasteiger partial charge >= 0.3 is 11.8 Å². The van der Waals surface area contributed by atoms with Gasteiger partial charge in [-0.1, -0.05) is 37.3 Å². The predicted molar refractivity (Wildman–Crippen MR) is 113 cm³/mol. The van der Waals surface area contributed by atoms with Gasteiger partial charge in [0.05, 0.1) is 5.02 Å². The van der Waals surface area contributed by atoms with Gasteiger partial charge in [-0.3, -0.25) is 14.6 Å². The van der Waals surface area contributed by atoms with Gasteiger partial charge in [0, 0.05) is 18.3 Å². The molecule has 6 N–H and O–H groups in total. The highest BCUT2D eigenvalue weighted by atomic mass is 35.5. The first kappa shape index (κ1) is 22.9. The van der Waals surface area contributed by atoms with Gasteiger partial charge in [-0.05, 0) is 49.8 Å². The fourth-order valence-electron chi connectivity index (χ4n) is 3.64. The summed E-state index contributed by atoms with van der Waals surface area (Å²) in [4.78, 5) is 28.4. The Balaban J connectivity index is 1.80. The molecule has 0 spiro atoms. The van der Waals surface area contributed by atoms with E-state index in [9.17, 15) is 14.0 Å². The van der Waals surface area contributed by atoms with E-state index >= 15 is 0 Å². The minimum atomic E-state index is -0.812. The lowest BCUT2D eigenvalue weighted by Crippen LogP contribution is -2.46. The highest BCUT2D eigenvalue weighted by Gasteiger charge is 2.28. The van der Waals surface area contributed by atoms with Crippen LogP contribution in [0.5, 0.6) is 0 Å². The summed E-state index contributed by atoms with van der Waals surface area (Å²) in [5.41, 5.74) is 10.8. The van der Waals surface area contributed by atoms with Gasteiger partial charge in [0.15, 0.2) is 5.96 Å². The van der Waals surface area contributed by atoms with Gasteiger partial charge in [-0.15, -0.1) is 0 Å². The lowest BCUT2D eigenvalue weighted by Gasteiger charge is -2.32. The van der Waals surface area contributed by atoms with E-state index < -0.39 is 17.6 Å². The molecule has 1 aromatic rings. The number of guanidine groups is 1. The van der Waals surface area contributed by atoms with Gasteiger partial charge in [0.25, 0.3) is 0 Å². The molecule has 29 heavy (non-hydrogen) atoms. The molecule has 2 rings (SSSR count). The highest BCUT2D eigenvalue weighted by Crippen LogP contribution is 2.29. The van der Waals surface area contributed by atoms with E-state index in [0.29, 0.717) is 12.5 Å². The maximum atomic E-state index is 13.5. The normalized spacial score (nSPS) is 18.7. The van der Waals surface area contributed by atoms with Crippen LogP contribution < -0.4 is 22.1 Å². The number of nitrogens with two attached hydrogens (primary N) is 2. The van der Waals surface area contributed by atoms with Crippen LogP contribution in [0.1, 0.15) is 51.4 Å². The summed E-state index contributed by atoms with van der Waals surface area (Å²) >= 11 is 5.62. The highest BCUT2D eigenvalue weighted by molar-refractivity contribution is 6.39. The summed E-state index contributed by atoms with van der Waals surface area (Å²) < 4.78 is 13.5. The molecule has 0 radical (unpaired) electrons. The maximum absolute atomic E-state index is 13.5. The molecule has 7 nitrogen and oxygen atoms in total. The van der Waals surface area contributed by atoms with E-state index in [4.69, 9.17) is 23.1 Å². The Labute approximate surface area is 175 Å². The number of benzene rings is 1. The van der Waals surface area contributed by atoms with Crippen molar-refractivity contribution in [3.05, 3.63) is 29.0 Å². The van der Waals surface area contributed by atoms with Crippen molar-refractivity contribution in [2.75, 3.05) is 11.9 Å². The number of aliphatic imine (C=N–C) groups is 1. The van der Waals surface area contributed by atoms with Crippen LogP contribution in [-0.2, 0) is 9.59 Å². The molecule has 1 fully saturated rings. The minimum absolute atomic E-state index is 0.0262. The lowest BCUT2D eigenvalue weighted by molar-refractivity contribution is -0.137. The molecular weight excluding hydrogens is 397 g/mol. The number of nitrogens with zero attached hydrogens (tertiary/aromatic N) is 1. The summed E-state index contributed by atoms with van der Waals surface area (Å²) in [7, 11) is 0. The Bertz CT molecular complexity index is 740. The largest absolute Gasteiger partial charge is 0.370 e. The first-order valence-corrected chi connectivity index (χ1v) is 10.4. The van der Waals surface area contributed by atoms with E-state index in [1.54, 1.807) is 0 Å². The van der Waals surface area contributed by atoms with E-state index in [0.717, 1.165) is 57.4 Å². The number of hydrogen-bond acceptors (Lipinski definition) is 3. The number of rotatable bonds is 8. The number of nitrogens with one attached hydrogen (secondary N) is 2. The van der Waals surface area contributed by atoms with E-state index in [-0.39, 0.29) is 22.7 Å². The molecule has 9 heteroatoms. The Morgan fingerprint density at radius 2 is 1.90 bits per heavy atom. The number of unbranched alkanes of at least 4 members (excludes halogenated alkanes) is 2. The lowest BCUT2D eigenvalue weighted by atomic mass is 9.81. The van der Waals surface area contributed by atoms with E-state index in [2.05, 4.69) is 15.6 Å². The smallest absolute Gasteiger partial charge is 0.313 e. The molecule has 0 aromatic heterocycles. The Morgan fingerprint density at radius 1 is 1.14 bits per heavy atom.